The summed E-state index contributed by atoms with van der Waals surface area (Å²) in [5.74, 6) is 2.21. The van der Waals surface area contributed by atoms with Gasteiger partial charge in [0.2, 0.25) is 0 Å². The summed E-state index contributed by atoms with van der Waals surface area (Å²) in [5, 5.41) is 11.0. The first-order valence-electron chi connectivity index (χ1n) is 8.19. The SMILES string of the molecule is CCC(CC)c1cc(CNC(=NC)NC2CCCC2)on1.I. The van der Waals surface area contributed by atoms with E-state index in [0.29, 0.717) is 18.5 Å². The second-order valence-corrected chi connectivity index (χ2v) is 5.78. The highest BCUT2D eigenvalue weighted by atomic mass is 127. The number of guanidine groups is 1. The fraction of sp³-hybridized carbons (Fsp3) is 0.750. The molecule has 0 spiro atoms. The highest BCUT2D eigenvalue weighted by molar-refractivity contribution is 14.0. The predicted octanol–water partition coefficient (Wildman–Crippen LogP) is 3.80. The Morgan fingerprint density at radius 1 is 1.36 bits per heavy atom. The minimum Gasteiger partial charge on any atom is -0.359 e. The number of hydrogen-bond acceptors (Lipinski definition) is 3. The summed E-state index contributed by atoms with van der Waals surface area (Å²) in [7, 11) is 1.81. The minimum atomic E-state index is 0. The van der Waals surface area contributed by atoms with Crippen LogP contribution >= 0.6 is 24.0 Å². The average Bonchev–Trinajstić information content (AvgIpc) is 3.16. The van der Waals surface area contributed by atoms with Crippen LogP contribution in [0, 0.1) is 0 Å². The molecule has 2 rings (SSSR count). The third-order valence-electron chi connectivity index (χ3n) is 4.33. The van der Waals surface area contributed by atoms with E-state index >= 15 is 0 Å². The molecule has 6 heteroatoms. The van der Waals surface area contributed by atoms with E-state index in [1.54, 1.807) is 7.05 Å². The summed E-state index contributed by atoms with van der Waals surface area (Å²) in [6.45, 7) is 5.00. The van der Waals surface area contributed by atoms with Crippen LogP contribution in [0.5, 0.6) is 0 Å². The third kappa shape index (κ3) is 5.44. The van der Waals surface area contributed by atoms with Gasteiger partial charge in [-0.15, -0.1) is 24.0 Å². The molecule has 1 heterocycles. The molecule has 1 saturated carbocycles. The van der Waals surface area contributed by atoms with Gasteiger partial charge in [0.25, 0.3) is 0 Å². The van der Waals surface area contributed by atoms with Crippen molar-refractivity contribution in [2.45, 2.75) is 70.9 Å². The summed E-state index contributed by atoms with van der Waals surface area (Å²) >= 11 is 0. The Morgan fingerprint density at radius 3 is 2.64 bits per heavy atom. The first kappa shape index (κ1) is 19.3. The fourth-order valence-electron chi connectivity index (χ4n) is 2.94. The number of hydrogen-bond donors (Lipinski definition) is 2. The standard InChI is InChI=1S/C16H28N4O.HI/c1-4-12(5-2)15-10-14(21-20-15)11-18-16(17-3)19-13-8-6-7-9-13;/h10,12-13H,4-9,11H2,1-3H3,(H2,17,18,19);1H. The molecule has 0 aliphatic heterocycles. The lowest BCUT2D eigenvalue weighted by Gasteiger charge is -2.15. The van der Waals surface area contributed by atoms with Gasteiger partial charge in [-0.1, -0.05) is 31.8 Å². The Labute approximate surface area is 150 Å². The largest absolute Gasteiger partial charge is 0.359 e. The van der Waals surface area contributed by atoms with E-state index in [9.17, 15) is 0 Å². The van der Waals surface area contributed by atoms with E-state index in [1.165, 1.54) is 25.7 Å². The smallest absolute Gasteiger partial charge is 0.191 e. The molecule has 5 nitrogen and oxygen atoms in total. The highest BCUT2D eigenvalue weighted by Gasteiger charge is 2.16. The number of nitrogens with one attached hydrogen (secondary N) is 2. The Morgan fingerprint density at radius 2 is 2.05 bits per heavy atom. The van der Waals surface area contributed by atoms with Gasteiger partial charge in [-0.3, -0.25) is 4.99 Å². The number of aliphatic imine (C=N–C) groups is 1. The molecule has 0 amide bonds. The Bertz CT molecular complexity index is 451. The first-order valence-corrected chi connectivity index (χ1v) is 8.19. The molecular weight excluding hydrogens is 391 g/mol. The monoisotopic (exact) mass is 420 g/mol. The quantitative estimate of drug-likeness (QED) is 0.418. The van der Waals surface area contributed by atoms with Gasteiger partial charge < -0.3 is 15.2 Å². The third-order valence-corrected chi connectivity index (χ3v) is 4.33. The van der Waals surface area contributed by atoms with Crippen LogP contribution < -0.4 is 10.6 Å². The maximum absolute atomic E-state index is 5.42. The van der Waals surface area contributed by atoms with Crippen molar-refractivity contribution >= 4 is 29.9 Å². The fourth-order valence-corrected chi connectivity index (χ4v) is 2.94. The Hall–Kier alpha value is -0.790. The topological polar surface area (TPSA) is 62.5 Å². The van der Waals surface area contributed by atoms with Crippen LogP contribution in [0.2, 0.25) is 0 Å². The average molecular weight is 420 g/mol. The number of aromatic nitrogens is 1. The van der Waals surface area contributed by atoms with Crippen LogP contribution in [0.4, 0.5) is 0 Å². The van der Waals surface area contributed by atoms with Crippen LogP contribution in [-0.4, -0.2) is 24.2 Å². The van der Waals surface area contributed by atoms with Gasteiger partial charge in [0.15, 0.2) is 11.7 Å². The molecule has 1 fully saturated rings. The molecule has 126 valence electrons. The van der Waals surface area contributed by atoms with Gasteiger partial charge in [0, 0.05) is 25.1 Å². The molecule has 1 aromatic heterocycles. The van der Waals surface area contributed by atoms with Crippen molar-refractivity contribution in [2.24, 2.45) is 4.99 Å². The van der Waals surface area contributed by atoms with Crippen molar-refractivity contribution in [3.8, 4) is 0 Å². The summed E-state index contributed by atoms with van der Waals surface area (Å²) in [6, 6.07) is 2.62. The molecular formula is C16H29IN4O. The van der Waals surface area contributed by atoms with Crippen molar-refractivity contribution < 1.29 is 4.52 Å². The van der Waals surface area contributed by atoms with Crippen molar-refractivity contribution in [3.63, 3.8) is 0 Å². The normalized spacial score (nSPS) is 15.9. The van der Waals surface area contributed by atoms with Crippen molar-refractivity contribution in [1.82, 2.24) is 15.8 Å². The van der Waals surface area contributed by atoms with E-state index in [4.69, 9.17) is 4.52 Å². The molecule has 1 aliphatic rings. The van der Waals surface area contributed by atoms with Gasteiger partial charge in [0.1, 0.15) is 0 Å². The lowest BCUT2D eigenvalue weighted by atomic mass is 9.99. The second kappa shape index (κ2) is 10.1. The number of halogens is 1. The maximum Gasteiger partial charge on any atom is 0.191 e. The van der Waals surface area contributed by atoms with E-state index in [1.807, 2.05) is 0 Å². The zero-order valence-electron chi connectivity index (χ0n) is 13.9. The van der Waals surface area contributed by atoms with Gasteiger partial charge in [-0.25, -0.2) is 0 Å². The van der Waals surface area contributed by atoms with Crippen molar-refractivity contribution in [3.05, 3.63) is 17.5 Å². The number of rotatable bonds is 6. The molecule has 22 heavy (non-hydrogen) atoms. The van der Waals surface area contributed by atoms with Gasteiger partial charge in [-0.05, 0) is 25.7 Å². The molecule has 0 aromatic carbocycles. The molecule has 1 aromatic rings. The second-order valence-electron chi connectivity index (χ2n) is 5.78. The van der Waals surface area contributed by atoms with Crippen molar-refractivity contribution in [1.29, 1.82) is 0 Å². The molecule has 0 atom stereocenters. The summed E-state index contributed by atoms with van der Waals surface area (Å²) in [6.07, 6.45) is 7.30. The zero-order valence-corrected chi connectivity index (χ0v) is 16.2. The Balaban J connectivity index is 0.00000242. The highest BCUT2D eigenvalue weighted by Crippen LogP contribution is 2.22. The summed E-state index contributed by atoms with van der Waals surface area (Å²) in [5.41, 5.74) is 1.07. The number of nitrogens with zero attached hydrogens (tertiary/aromatic N) is 2. The van der Waals surface area contributed by atoms with Gasteiger partial charge in [0.05, 0.1) is 12.2 Å². The molecule has 1 aliphatic carbocycles. The molecule has 2 N–H and O–H groups in total. The van der Waals surface area contributed by atoms with Crippen LogP contribution in [-0.2, 0) is 6.54 Å². The predicted molar refractivity (Wildman–Crippen MR) is 101 cm³/mol. The lowest BCUT2D eigenvalue weighted by molar-refractivity contribution is 0.368. The van der Waals surface area contributed by atoms with Crippen LogP contribution in [0.1, 0.15) is 69.7 Å². The minimum absolute atomic E-state index is 0. The summed E-state index contributed by atoms with van der Waals surface area (Å²) in [4.78, 5) is 4.27. The first-order chi connectivity index (χ1) is 10.3. The molecule has 0 radical (unpaired) electrons. The van der Waals surface area contributed by atoms with Crippen LogP contribution in [0.25, 0.3) is 0 Å². The molecule has 0 saturated heterocycles. The zero-order chi connectivity index (χ0) is 15.1. The van der Waals surface area contributed by atoms with Crippen LogP contribution in [0.3, 0.4) is 0 Å². The Kier molecular flexibility index (Phi) is 8.82. The van der Waals surface area contributed by atoms with Gasteiger partial charge in [-0.2, -0.15) is 0 Å². The van der Waals surface area contributed by atoms with Gasteiger partial charge >= 0.3 is 0 Å². The lowest BCUT2D eigenvalue weighted by Crippen LogP contribution is -2.41. The van der Waals surface area contributed by atoms with Crippen LogP contribution in [0.15, 0.2) is 15.6 Å². The summed E-state index contributed by atoms with van der Waals surface area (Å²) < 4.78 is 5.42. The molecule has 0 bridgehead atoms. The van der Waals surface area contributed by atoms with E-state index in [2.05, 4.69) is 40.7 Å². The van der Waals surface area contributed by atoms with E-state index < -0.39 is 0 Å². The van der Waals surface area contributed by atoms with E-state index in [0.717, 1.165) is 30.3 Å². The molecule has 0 unspecified atom stereocenters. The van der Waals surface area contributed by atoms with E-state index in [-0.39, 0.29) is 24.0 Å². The van der Waals surface area contributed by atoms with Crippen molar-refractivity contribution in [2.75, 3.05) is 7.05 Å². The maximum atomic E-state index is 5.42.